The van der Waals surface area contributed by atoms with Crippen molar-refractivity contribution >= 4 is 39.1 Å². The van der Waals surface area contributed by atoms with E-state index < -0.39 is 16.1 Å². The van der Waals surface area contributed by atoms with Gasteiger partial charge in [-0.15, -0.1) is 0 Å². The zero-order chi connectivity index (χ0) is 25.3. The number of nitrogens with zero attached hydrogens (tertiary/aromatic N) is 2. The Balaban J connectivity index is 2.15. The molecule has 0 aliphatic heterocycles. The van der Waals surface area contributed by atoms with E-state index in [9.17, 15) is 18.0 Å². The first-order valence-corrected chi connectivity index (χ1v) is 13.6. The topological polar surface area (TPSA) is 86.8 Å². The van der Waals surface area contributed by atoms with Crippen LogP contribution in [0.4, 0.5) is 5.69 Å². The van der Waals surface area contributed by atoms with Crippen LogP contribution in [0.3, 0.4) is 0 Å². The number of anilines is 1. The maximum absolute atomic E-state index is 13.2. The van der Waals surface area contributed by atoms with Crippen molar-refractivity contribution in [2.45, 2.75) is 52.6 Å². The van der Waals surface area contributed by atoms with Gasteiger partial charge in [0.05, 0.1) is 11.9 Å². The molecule has 1 N–H and O–H groups in total. The zero-order valence-electron chi connectivity index (χ0n) is 20.3. The molecule has 0 bridgehead atoms. The van der Waals surface area contributed by atoms with Gasteiger partial charge in [-0.3, -0.25) is 13.9 Å². The molecule has 0 fully saturated rings. The normalized spacial score (nSPS) is 12.1. The van der Waals surface area contributed by atoms with Crippen molar-refractivity contribution in [3.05, 3.63) is 64.7 Å². The van der Waals surface area contributed by atoms with E-state index in [0.717, 1.165) is 23.8 Å². The number of sulfonamides is 1. The van der Waals surface area contributed by atoms with Crippen LogP contribution in [0.2, 0.25) is 5.02 Å². The summed E-state index contributed by atoms with van der Waals surface area (Å²) in [6.45, 7) is 6.62. The highest BCUT2D eigenvalue weighted by molar-refractivity contribution is 7.92. The number of amides is 2. The standard InChI is InChI=1S/C25H34ClN3O4S/c1-5-14-27-25(31)20(3)28(18-21-10-6-9-19(2)16-21)24(30)13-8-15-29(34(4,32)33)23-12-7-11-22(26)17-23/h6-7,9-12,16-17,20H,5,8,13-15,18H2,1-4H3,(H,27,31)/t20-/m0/s1. The molecule has 0 aliphatic rings. The van der Waals surface area contributed by atoms with Crippen LogP contribution >= 0.6 is 11.6 Å². The van der Waals surface area contributed by atoms with Crippen LogP contribution in [-0.4, -0.2) is 50.5 Å². The first kappa shape index (κ1) is 27.7. The highest BCUT2D eigenvalue weighted by Crippen LogP contribution is 2.22. The van der Waals surface area contributed by atoms with Crippen LogP contribution in [0.5, 0.6) is 0 Å². The van der Waals surface area contributed by atoms with Crippen molar-refractivity contribution < 1.29 is 18.0 Å². The lowest BCUT2D eigenvalue weighted by Gasteiger charge is -2.29. The van der Waals surface area contributed by atoms with Gasteiger partial charge in [-0.1, -0.05) is 54.4 Å². The Hall–Kier alpha value is -2.58. The third kappa shape index (κ3) is 8.33. The van der Waals surface area contributed by atoms with E-state index in [0.29, 0.717) is 30.2 Å². The molecular formula is C25H34ClN3O4S. The SMILES string of the molecule is CCCNC(=O)[C@H](C)N(Cc1cccc(C)c1)C(=O)CCCN(c1cccc(Cl)c1)S(C)(=O)=O. The van der Waals surface area contributed by atoms with Crippen molar-refractivity contribution in [2.24, 2.45) is 0 Å². The maximum atomic E-state index is 13.2. The fourth-order valence-electron chi connectivity index (χ4n) is 3.62. The summed E-state index contributed by atoms with van der Waals surface area (Å²) in [6.07, 6.45) is 2.32. The quantitative estimate of drug-likeness (QED) is 0.467. The van der Waals surface area contributed by atoms with Crippen LogP contribution in [0.1, 0.15) is 44.2 Å². The predicted molar refractivity (Wildman–Crippen MR) is 137 cm³/mol. The molecule has 34 heavy (non-hydrogen) atoms. The van der Waals surface area contributed by atoms with Crippen molar-refractivity contribution in [3.8, 4) is 0 Å². The minimum absolute atomic E-state index is 0.101. The number of carbonyl (C=O) groups excluding carboxylic acids is 2. The van der Waals surface area contributed by atoms with Crippen LogP contribution in [-0.2, 0) is 26.2 Å². The highest BCUT2D eigenvalue weighted by atomic mass is 35.5. The Morgan fingerprint density at radius 2 is 1.82 bits per heavy atom. The summed E-state index contributed by atoms with van der Waals surface area (Å²) in [4.78, 5) is 27.4. The molecule has 0 unspecified atom stereocenters. The summed E-state index contributed by atoms with van der Waals surface area (Å²) in [5.41, 5.74) is 2.45. The van der Waals surface area contributed by atoms with Crippen LogP contribution in [0.25, 0.3) is 0 Å². The predicted octanol–water partition coefficient (Wildman–Crippen LogP) is 4.14. The summed E-state index contributed by atoms with van der Waals surface area (Å²) >= 11 is 6.03. The first-order valence-electron chi connectivity index (χ1n) is 11.4. The highest BCUT2D eigenvalue weighted by Gasteiger charge is 2.26. The molecule has 2 aromatic rings. The van der Waals surface area contributed by atoms with E-state index in [1.165, 1.54) is 4.31 Å². The summed E-state index contributed by atoms with van der Waals surface area (Å²) in [5, 5.41) is 3.28. The summed E-state index contributed by atoms with van der Waals surface area (Å²) in [5.74, 6) is -0.417. The Labute approximate surface area is 208 Å². The van der Waals surface area contributed by atoms with Gasteiger partial charge in [0, 0.05) is 31.1 Å². The number of halogens is 1. The molecule has 0 saturated carbocycles. The molecule has 186 valence electrons. The minimum Gasteiger partial charge on any atom is -0.354 e. The van der Waals surface area contributed by atoms with E-state index in [4.69, 9.17) is 11.6 Å². The summed E-state index contributed by atoms with van der Waals surface area (Å²) in [6, 6.07) is 13.7. The number of rotatable bonds is 12. The minimum atomic E-state index is -3.56. The lowest BCUT2D eigenvalue weighted by atomic mass is 10.1. The molecule has 1 atom stereocenters. The van der Waals surface area contributed by atoms with Gasteiger partial charge >= 0.3 is 0 Å². The zero-order valence-corrected chi connectivity index (χ0v) is 21.8. The maximum Gasteiger partial charge on any atom is 0.242 e. The van der Waals surface area contributed by atoms with Crippen LogP contribution < -0.4 is 9.62 Å². The second-order valence-electron chi connectivity index (χ2n) is 8.40. The van der Waals surface area contributed by atoms with Crippen molar-refractivity contribution in [3.63, 3.8) is 0 Å². The van der Waals surface area contributed by atoms with E-state index in [2.05, 4.69) is 5.32 Å². The van der Waals surface area contributed by atoms with Gasteiger partial charge in [0.1, 0.15) is 6.04 Å². The lowest BCUT2D eigenvalue weighted by molar-refractivity contribution is -0.140. The molecule has 0 aromatic heterocycles. The molecular weight excluding hydrogens is 474 g/mol. The molecule has 0 aliphatic carbocycles. The number of hydrogen-bond donors (Lipinski definition) is 1. The summed E-state index contributed by atoms with van der Waals surface area (Å²) in [7, 11) is -3.56. The van der Waals surface area contributed by atoms with E-state index in [-0.39, 0.29) is 24.8 Å². The lowest BCUT2D eigenvalue weighted by Crippen LogP contribution is -2.47. The summed E-state index contributed by atoms with van der Waals surface area (Å²) < 4.78 is 26.0. The average Bonchev–Trinajstić information content (AvgIpc) is 2.77. The van der Waals surface area contributed by atoms with Gasteiger partial charge in [-0.05, 0) is 50.5 Å². The van der Waals surface area contributed by atoms with Gasteiger partial charge in [-0.25, -0.2) is 8.42 Å². The first-order chi connectivity index (χ1) is 16.0. The average molecular weight is 508 g/mol. The molecule has 0 saturated heterocycles. The van der Waals surface area contributed by atoms with Gasteiger partial charge in [0.2, 0.25) is 21.8 Å². The second kappa shape index (κ2) is 12.8. The molecule has 7 nitrogen and oxygen atoms in total. The van der Waals surface area contributed by atoms with Gasteiger partial charge < -0.3 is 10.2 Å². The second-order valence-corrected chi connectivity index (χ2v) is 10.7. The largest absolute Gasteiger partial charge is 0.354 e. The van der Waals surface area contributed by atoms with Crippen molar-refractivity contribution in [1.29, 1.82) is 0 Å². The van der Waals surface area contributed by atoms with Crippen LogP contribution in [0.15, 0.2) is 48.5 Å². The Kier molecular flexibility index (Phi) is 10.4. The smallest absolute Gasteiger partial charge is 0.242 e. The molecule has 9 heteroatoms. The van der Waals surface area contributed by atoms with E-state index in [1.54, 1.807) is 36.1 Å². The fourth-order valence-corrected chi connectivity index (χ4v) is 4.76. The Morgan fingerprint density at radius 3 is 2.44 bits per heavy atom. The van der Waals surface area contributed by atoms with E-state index >= 15 is 0 Å². The molecule has 0 spiro atoms. The third-order valence-electron chi connectivity index (χ3n) is 5.40. The Morgan fingerprint density at radius 1 is 1.12 bits per heavy atom. The van der Waals surface area contributed by atoms with Crippen molar-refractivity contribution in [2.75, 3.05) is 23.7 Å². The van der Waals surface area contributed by atoms with Gasteiger partial charge in [0.15, 0.2) is 0 Å². The number of aryl methyl sites for hydroxylation is 1. The molecule has 0 heterocycles. The van der Waals surface area contributed by atoms with Gasteiger partial charge in [0.25, 0.3) is 0 Å². The van der Waals surface area contributed by atoms with Crippen LogP contribution in [0, 0.1) is 6.92 Å². The number of nitrogens with one attached hydrogen (secondary N) is 1. The number of benzene rings is 2. The monoisotopic (exact) mass is 507 g/mol. The molecule has 2 rings (SSSR count). The third-order valence-corrected chi connectivity index (χ3v) is 6.83. The molecule has 2 amide bonds. The van der Waals surface area contributed by atoms with Gasteiger partial charge in [-0.2, -0.15) is 0 Å². The number of hydrogen-bond acceptors (Lipinski definition) is 4. The number of carbonyl (C=O) groups is 2. The van der Waals surface area contributed by atoms with E-state index in [1.807, 2.05) is 38.1 Å². The molecule has 2 aromatic carbocycles. The fraction of sp³-hybridized carbons (Fsp3) is 0.440. The molecule has 0 radical (unpaired) electrons. The van der Waals surface area contributed by atoms with Crippen molar-refractivity contribution in [1.82, 2.24) is 10.2 Å². The Bertz CT molecular complexity index is 1090.